The van der Waals surface area contributed by atoms with Gasteiger partial charge in [-0.05, 0) is 40.4 Å². The van der Waals surface area contributed by atoms with Crippen molar-refractivity contribution in [3.05, 3.63) is 44.4 Å². The standard InChI is InChI=1S/C12H7BrFN3OS/c1-19-12-16-10(7(5-15)11(18)17-12)6-2-3-9(14)8(13)4-6/h2-4H,1H3,(H,16,17,18). The molecule has 0 aliphatic rings. The molecular formula is C12H7BrFN3OS. The molecule has 96 valence electrons. The Labute approximate surface area is 120 Å². The molecule has 0 atom stereocenters. The number of benzene rings is 1. The fourth-order valence-electron chi connectivity index (χ4n) is 1.51. The van der Waals surface area contributed by atoms with Crippen LogP contribution in [0.25, 0.3) is 11.3 Å². The molecule has 1 heterocycles. The van der Waals surface area contributed by atoms with Gasteiger partial charge < -0.3 is 4.98 Å². The molecule has 7 heteroatoms. The second-order valence-electron chi connectivity index (χ2n) is 3.54. The Hall–Kier alpha value is -1.65. The number of aromatic nitrogens is 2. The van der Waals surface area contributed by atoms with Crippen LogP contribution >= 0.6 is 27.7 Å². The van der Waals surface area contributed by atoms with Crippen molar-refractivity contribution in [2.24, 2.45) is 0 Å². The van der Waals surface area contributed by atoms with Gasteiger partial charge in [-0.25, -0.2) is 9.37 Å². The van der Waals surface area contributed by atoms with Crippen LogP contribution in [0.15, 0.2) is 32.6 Å². The van der Waals surface area contributed by atoms with E-state index in [1.165, 1.54) is 30.0 Å². The average Bonchev–Trinajstić information content (AvgIpc) is 2.41. The van der Waals surface area contributed by atoms with Gasteiger partial charge in [-0.2, -0.15) is 5.26 Å². The van der Waals surface area contributed by atoms with Gasteiger partial charge >= 0.3 is 0 Å². The number of hydrogen-bond donors (Lipinski definition) is 1. The first-order chi connectivity index (χ1) is 9.06. The highest BCUT2D eigenvalue weighted by Crippen LogP contribution is 2.25. The summed E-state index contributed by atoms with van der Waals surface area (Å²) in [7, 11) is 0. The second-order valence-corrected chi connectivity index (χ2v) is 5.19. The first kappa shape index (κ1) is 13.8. The molecule has 1 N–H and O–H groups in total. The van der Waals surface area contributed by atoms with Crippen LogP contribution < -0.4 is 5.56 Å². The van der Waals surface area contributed by atoms with E-state index in [1.807, 2.05) is 6.07 Å². The minimum atomic E-state index is -0.503. The molecule has 19 heavy (non-hydrogen) atoms. The van der Waals surface area contributed by atoms with Crippen LogP contribution in [0.3, 0.4) is 0 Å². The molecule has 0 bridgehead atoms. The van der Waals surface area contributed by atoms with Crippen LogP contribution in [-0.2, 0) is 0 Å². The maximum atomic E-state index is 13.2. The predicted molar refractivity (Wildman–Crippen MR) is 74.4 cm³/mol. The van der Waals surface area contributed by atoms with Crippen molar-refractivity contribution in [1.29, 1.82) is 5.26 Å². The number of nitrogens with one attached hydrogen (secondary N) is 1. The number of nitriles is 1. The van der Waals surface area contributed by atoms with Gasteiger partial charge in [0.2, 0.25) is 0 Å². The normalized spacial score (nSPS) is 10.2. The third kappa shape index (κ3) is 2.69. The summed E-state index contributed by atoms with van der Waals surface area (Å²) in [6, 6.07) is 6.04. The van der Waals surface area contributed by atoms with E-state index in [0.29, 0.717) is 10.7 Å². The minimum absolute atomic E-state index is 0.0868. The highest BCUT2D eigenvalue weighted by Gasteiger charge is 2.14. The highest BCUT2D eigenvalue weighted by molar-refractivity contribution is 9.10. The molecule has 2 rings (SSSR count). The summed E-state index contributed by atoms with van der Waals surface area (Å²) in [5, 5.41) is 9.45. The van der Waals surface area contributed by atoms with Crippen LogP contribution in [0.5, 0.6) is 0 Å². The molecular weight excluding hydrogens is 333 g/mol. The number of H-pyrrole nitrogens is 1. The largest absolute Gasteiger partial charge is 0.300 e. The van der Waals surface area contributed by atoms with Gasteiger partial charge in [0.15, 0.2) is 5.16 Å². The molecule has 0 saturated carbocycles. The number of aromatic amines is 1. The molecule has 0 fully saturated rings. The van der Waals surface area contributed by atoms with Crippen molar-refractivity contribution < 1.29 is 4.39 Å². The van der Waals surface area contributed by atoms with Crippen molar-refractivity contribution >= 4 is 27.7 Å². The van der Waals surface area contributed by atoms with Crippen molar-refractivity contribution in [3.8, 4) is 17.3 Å². The van der Waals surface area contributed by atoms with Gasteiger partial charge in [0.1, 0.15) is 17.4 Å². The van der Waals surface area contributed by atoms with Crippen LogP contribution in [0.4, 0.5) is 4.39 Å². The average molecular weight is 340 g/mol. The topological polar surface area (TPSA) is 69.5 Å². The maximum absolute atomic E-state index is 13.2. The Bertz CT molecular complexity index is 739. The molecule has 0 amide bonds. The zero-order valence-electron chi connectivity index (χ0n) is 9.70. The Kier molecular flexibility index (Phi) is 4.02. The SMILES string of the molecule is CSc1nc(-c2ccc(F)c(Br)c2)c(C#N)c(=O)[nH]1. The van der Waals surface area contributed by atoms with E-state index in [2.05, 4.69) is 25.9 Å². The summed E-state index contributed by atoms with van der Waals surface area (Å²) in [5.74, 6) is -0.419. The van der Waals surface area contributed by atoms with E-state index < -0.39 is 11.4 Å². The summed E-state index contributed by atoms with van der Waals surface area (Å²) in [5.41, 5.74) is 0.163. The molecule has 0 spiro atoms. The van der Waals surface area contributed by atoms with Crippen molar-refractivity contribution in [3.63, 3.8) is 0 Å². The van der Waals surface area contributed by atoms with Gasteiger partial charge in [-0.3, -0.25) is 4.79 Å². The van der Waals surface area contributed by atoms with Crippen molar-refractivity contribution in [1.82, 2.24) is 9.97 Å². The van der Waals surface area contributed by atoms with Gasteiger partial charge in [0.05, 0.1) is 10.2 Å². The van der Waals surface area contributed by atoms with Gasteiger partial charge in [0.25, 0.3) is 5.56 Å². The third-order valence-electron chi connectivity index (χ3n) is 2.40. The molecule has 2 aromatic rings. The summed E-state index contributed by atoms with van der Waals surface area (Å²) >= 11 is 4.32. The summed E-state index contributed by atoms with van der Waals surface area (Å²) in [6.45, 7) is 0. The molecule has 4 nitrogen and oxygen atoms in total. The number of thioether (sulfide) groups is 1. The molecule has 0 saturated heterocycles. The van der Waals surface area contributed by atoms with E-state index in [-0.39, 0.29) is 15.7 Å². The quantitative estimate of drug-likeness (QED) is 0.674. The highest BCUT2D eigenvalue weighted by atomic mass is 79.9. The fraction of sp³-hybridized carbons (Fsp3) is 0.0833. The van der Waals surface area contributed by atoms with Crippen molar-refractivity contribution in [2.75, 3.05) is 6.26 Å². The molecule has 1 aromatic heterocycles. The zero-order chi connectivity index (χ0) is 14.0. The van der Waals surface area contributed by atoms with E-state index >= 15 is 0 Å². The monoisotopic (exact) mass is 339 g/mol. The molecule has 0 aliphatic heterocycles. The third-order valence-corrected chi connectivity index (χ3v) is 3.58. The summed E-state index contributed by atoms with van der Waals surface area (Å²) in [6.07, 6.45) is 1.76. The van der Waals surface area contributed by atoms with Crippen LogP contribution in [0.1, 0.15) is 5.56 Å². The number of hydrogen-bond acceptors (Lipinski definition) is 4. The Morgan fingerprint density at radius 2 is 2.26 bits per heavy atom. The van der Waals surface area contributed by atoms with Crippen LogP contribution in [-0.4, -0.2) is 16.2 Å². The van der Waals surface area contributed by atoms with Gasteiger partial charge in [-0.15, -0.1) is 0 Å². The second kappa shape index (κ2) is 5.55. The van der Waals surface area contributed by atoms with Gasteiger partial charge in [0, 0.05) is 5.56 Å². The first-order valence-corrected chi connectivity index (χ1v) is 7.12. The lowest BCUT2D eigenvalue weighted by molar-refractivity contribution is 0.621. The number of halogens is 2. The lowest BCUT2D eigenvalue weighted by atomic mass is 10.1. The van der Waals surface area contributed by atoms with Gasteiger partial charge in [-0.1, -0.05) is 11.8 Å². The Morgan fingerprint density at radius 1 is 1.53 bits per heavy atom. The Balaban J connectivity index is 2.73. The van der Waals surface area contributed by atoms with E-state index in [9.17, 15) is 9.18 Å². The minimum Gasteiger partial charge on any atom is -0.300 e. The Morgan fingerprint density at radius 3 is 2.84 bits per heavy atom. The lowest BCUT2D eigenvalue weighted by Crippen LogP contribution is -2.14. The molecule has 0 aliphatic carbocycles. The summed E-state index contributed by atoms with van der Waals surface area (Å²) < 4.78 is 13.5. The zero-order valence-corrected chi connectivity index (χ0v) is 12.1. The molecule has 1 aromatic carbocycles. The number of rotatable bonds is 2. The van der Waals surface area contributed by atoms with E-state index in [1.54, 1.807) is 6.26 Å². The smallest absolute Gasteiger partial charge is 0.270 e. The molecule has 0 unspecified atom stereocenters. The van der Waals surface area contributed by atoms with E-state index in [0.717, 1.165) is 0 Å². The van der Waals surface area contributed by atoms with Crippen LogP contribution in [0.2, 0.25) is 0 Å². The summed E-state index contributed by atoms with van der Waals surface area (Å²) in [4.78, 5) is 18.5. The first-order valence-electron chi connectivity index (χ1n) is 5.10. The lowest BCUT2D eigenvalue weighted by Gasteiger charge is -2.05. The maximum Gasteiger partial charge on any atom is 0.270 e. The van der Waals surface area contributed by atoms with E-state index in [4.69, 9.17) is 5.26 Å². The predicted octanol–water partition coefficient (Wildman–Crippen LogP) is 2.93. The van der Waals surface area contributed by atoms with Crippen LogP contribution in [0, 0.1) is 17.1 Å². The van der Waals surface area contributed by atoms with Crippen molar-refractivity contribution in [2.45, 2.75) is 5.16 Å². The molecule has 0 radical (unpaired) electrons. The fourth-order valence-corrected chi connectivity index (χ4v) is 2.26. The number of nitrogens with zero attached hydrogens (tertiary/aromatic N) is 2.